The number of nitrogens with two attached hydrogens (primary N) is 2. The molecule has 0 bridgehead atoms. The van der Waals surface area contributed by atoms with Crippen LogP contribution < -0.4 is 33.2 Å². The number of pyridine rings is 2. The van der Waals surface area contributed by atoms with Gasteiger partial charge in [0.15, 0.2) is 11.6 Å². The fraction of sp³-hybridized carbons (Fsp3) is 0.194. The number of fused-ring (bicyclic) bond motifs is 2. The number of hydrogen-bond acceptors (Lipinski definition) is 12. The molecular weight excluding hydrogens is 1040 g/mol. The van der Waals surface area contributed by atoms with E-state index in [9.17, 15) is 38.5 Å². The number of nitrogens with zero attached hydrogens (tertiary/aromatic N) is 10. The molecule has 12 rings (SSSR count). The first-order chi connectivity index (χ1) is 39.8. The molecule has 2 fully saturated rings. The largest absolute Gasteiger partial charge is 0.382 e. The Morgan fingerprint density at radius 2 is 0.890 bits per heavy atom. The number of amides is 2. The number of benzene rings is 4. The van der Waals surface area contributed by atoms with Gasteiger partial charge in [-0.25, -0.2) is 27.8 Å². The van der Waals surface area contributed by atoms with Gasteiger partial charge in [-0.3, -0.25) is 28.3 Å². The fourth-order valence-corrected chi connectivity index (χ4v) is 11.0. The Bertz CT molecular complexity index is 3970. The smallest absolute Gasteiger partial charge is 0.267 e. The zero-order valence-corrected chi connectivity index (χ0v) is 44.0. The zero-order chi connectivity index (χ0) is 57.0. The summed E-state index contributed by atoms with van der Waals surface area (Å²) in [6, 6.07) is 40.5. The van der Waals surface area contributed by atoms with E-state index >= 15 is 0 Å². The van der Waals surface area contributed by atoms with Gasteiger partial charge in [-0.2, -0.15) is 20.7 Å². The normalized spacial score (nSPS) is 16.8. The first-order valence-corrected chi connectivity index (χ1v) is 26.7. The van der Waals surface area contributed by atoms with Crippen LogP contribution in [0.3, 0.4) is 0 Å². The highest BCUT2D eigenvalue weighted by molar-refractivity contribution is 6.05. The van der Waals surface area contributed by atoms with Crippen LogP contribution in [0.1, 0.15) is 95.3 Å². The third-order valence-electron chi connectivity index (χ3n) is 15.4. The summed E-state index contributed by atoms with van der Waals surface area (Å²) in [7, 11) is 0. The topological polar surface area (TPSA) is 262 Å². The SMILES string of the molecule is N#CC1CCC(c2cc(-c3ccc(NC(=O)c4cccn(-c5ccc(F)cc5)c4=O)cc3)c3c(N)ncnn23)CC1.N#CC1CCC(c2cc(-c3ccc(NC(=O)c4cccn(-c5ccc(F)cc5)c4=O)cc3)c3c(N)ncnn23)CC1. The van der Waals surface area contributed by atoms with Crippen LogP contribution in [-0.2, 0) is 0 Å². The predicted molar refractivity (Wildman–Crippen MR) is 306 cm³/mol. The van der Waals surface area contributed by atoms with Crippen LogP contribution in [-0.4, -0.2) is 50.1 Å². The lowest BCUT2D eigenvalue weighted by atomic mass is 9.81. The van der Waals surface area contributed by atoms with E-state index in [4.69, 9.17) is 11.5 Å². The minimum absolute atomic E-state index is 0.0417. The lowest BCUT2D eigenvalue weighted by Crippen LogP contribution is -2.27. The zero-order valence-electron chi connectivity index (χ0n) is 44.0. The molecule has 2 amide bonds. The average molecular weight is 1100 g/mol. The molecule has 4 aromatic carbocycles. The van der Waals surface area contributed by atoms with Crippen molar-refractivity contribution in [1.82, 2.24) is 38.3 Å². The highest BCUT2D eigenvalue weighted by Gasteiger charge is 2.29. The molecule has 2 aliphatic carbocycles. The third-order valence-corrected chi connectivity index (χ3v) is 15.4. The van der Waals surface area contributed by atoms with Crippen molar-refractivity contribution in [3.8, 4) is 45.8 Å². The molecule has 0 aliphatic heterocycles. The Morgan fingerprint density at radius 1 is 0.524 bits per heavy atom. The lowest BCUT2D eigenvalue weighted by Gasteiger charge is -2.24. The highest BCUT2D eigenvalue weighted by Crippen LogP contribution is 2.42. The van der Waals surface area contributed by atoms with Gasteiger partial charge in [0.2, 0.25) is 0 Å². The standard InChI is InChI=1S/2C31H26FN7O2/c2*32-22-9-13-24(14-10-22)38-15-1-2-25(31(38)41)30(40)37-23-11-7-20(8-12-23)26-16-27(21-5-3-19(17-33)4-6-21)39-28(26)29(34)35-18-36-39/h2*1-2,7-16,18-19,21H,3-6H2,(H,37,40)(H2,34,35,36). The van der Waals surface area contributed by atoms with Gasteiger partial charge < -0.3 is 22.1 Å². The summed E-state index contributed by atoms with van der Waals surface area (Å²) in [6.45, 7) is 0. The first-order valence-electron chi connectivity index (χ1n) is 26.7. The Balaban J connectivity index is 0.000000172. The van der Waals surface area contributed by atoms with Gasteiger partial charge in [0, 0.05) is 81.3 Å². The van der Waals surface area contributed by atoms with Crippen LogP contribution >= 0.6 is 0 Å². The number of anilines is 4. The van der Waals surface area contributed by atoms with Crippen molar-refractivity contribution in [2.45, 2.75) is 63.2 Å². The second-order valence-corrected chi connectivity index (χ2v) is 20.3. The number of carbonyl (C=O) groups excluding carboxylic acids is 2. The van der Waals surface area contributed by atoms with E-state index in [0.717, 1.165) is 85.0 Å². The number of nitrogens with one attached hydrogen (secondary N) is 2. The van der Waals surface area contributed by atoms with Crippen molar-refractivity contribution >= 4 is 45.9 Å². The Labute approximate surface area is 467 Å². The third kappa shape index (κ3) is 10.8. The first kappa shape index (κ1) is 53.4. The predicted octanol–water partition coefficient (Wildman–Crippen LogP) is 10.6. The second kappa shape index (κ2) is 23.0. The van der Waals surface area contributed by atoms with Crippen LogP contribution in [0, 0.1) is 46.1 Å². The molecular formula is C62H52F2N14O4. The van der Waals surface area contributed by atoms with Crippen molar-refractivity contribution in [3.63, 3.8) is 0 Å². The van der Waals surface area contributed by atoms with Gasteiger partial charge in [0.1, 0.15) is 46.4 Å². The number of carbonyl (C=O) groups is 2. The van der Waals surface area contributed by atoms with Crippen molar-refractivity contribution in [2.24, 2.45) is 11.8 Å². The number of nitrogen functional groups attached to an aromatic ring is 2. The maximum absolute atomic E-state index is 13.3. The van der Waals surface area contributed by atoms with Gasteiger partial charge in [0.25, 0.3) is 22.9 Å². The maximum atomic E-state index is 13.3. The van der Waals surface area contributed by atoms with E-state index in [0.29, 0.717) is 45.4 Å². The molecule has 18 nitrogen and oxygen atoms in total. The molecule has 408 valence electrons. The second-order valence-electron chi connectivity index (χ2n) is 20.3. The molecule has 20 heteroatoms. The molecule has 0 spiro atoms. The van der Waals surface area contributed by atoms with Crippen molar-refractivity contribution < 1.29 is 18.4 Å². The molecule has 6 aromatic heterocycles. The summed E-state index contributed by atoms with van der Waals surface area (Å²) in [5.74, 6) is -0.484. The molecule has 0 unspecified atom stereocenters. The van der Waals surface area contributed by atoms with E-state index < -0.39 is 34.6 Å². The number of hydrogen-bond donors (Lipinski definition) is 4. The van der Waals surface area contributed by atoms with E-state index in [1.165, 1.54) is 94.8 Å². The summed E-state index contributed by atoms with van der Waals surface area (Å²) in [5, 5.41) is 33.1. The highest BCUT2D eigenvalue weighted by atomic mass is 19.1. The fourth-order valence-electron chi connectivity index (χ4n) is 11.0. The minimum Gasteiger partial charge on any atom is -0.382 e. The molecule has 10 aromatic rings. The van der Waals surface area contributed by atoms with E-state index in [-0.39, 0.29) is 34.8 Å². The van der Waals surface area contributed by atoms with Crippen molar-refractivity contribution in [2.75, 3.05) is 22.1 Å². The van der Waals surface area contributed by atoms with E-state index in [1.807, 2.05) is 33.3 Å². The summed E-state index contributed by atoms with van der Waals surface area (Å²) in [4.78, 5) is 60.5. The average Bonchev–Trinajstić information content (AvgIpc) is 4.31. The quantitative estimate of drug-likeness (QED) is 0.0997. The molecule has 82 heavy (non-hydrogen) atoms. The van der Waals surface area contributed by atoms with Gasteiger partial charge in [-0.15, -0.1) is 0 Å². The van der Waals surface area contributed by atoms with Gasteiger partial charge >= 0.3 is 0 Å². The molecule has 6 N–H and O–H groups in total. The van der Waals surface area contributed by atoms with Gasteiger partial charge in [-0.1, -0.05) is 24.3 Å². The Hall–Kier alpha value is -10.6. The van der Waals surface area contributed by atoms with Crippen LogP contribution in [0.5, 0.6) is 0 Å². The molecule has 6 heterocycles. The summed E-state index contributed by atoms with van der Waals surface area (Å²) in [5.41, 5.74) is 20.4. The minimum atomic E-state index is -0.554. The molecule has 0 saturated heterocycles. The van der Waals surface area contributed by atoms with Crippen LogP contribution in [0.2, 0.25) is 0 Å². The number of nitriles is 2. The van der Waals surface area contributed by atoms with Crippen molar-refractivity contribution in [3.05, 3.63) is 213 Å². The molecule has 2 saturated carbocycles. The molecule has 0 radical (unpaired) electrons. The van der Waals surface area contributed by atoms with Crippen LogP contribution in [0.25, 0.3) is 44.7 Å². The molecule has 2 aliphatic rings. The van der Waals surface area contributed by atoms with Crippen LogP contribution in [0.15, 0.2) is 168 Å². The maximum Gasteiger partial charge on any atom is 0.267 e. The van der Waals surface area contributed by atoms with Gasteiger partial charge in [0.05, 0.1) is 12.1 Å². The summed E-state index contributed by atoms with van der Waals surface area (Å²) < 4.78 is 32.9. The lowest BCUT2D eigenvalue weighted by molar-refractivity contribution is 0.101. The van der Waals surface area contributed by atoms with Crippen molar-refractivity contribution in [1.29, 1.82) is 10.5 Å². The van der Waals surface area contributed by atoms with E-state index in [1.54, 1.807) is 36.4 Å². The number of aromatic nitrogens is 8. The van der Waals surface area contributed by atoms with Gasteiger partial charge in [-0.05, 0) is 172 Å². The Morgan fingerprint density at radius 3 is 1.24 bits per heavy atom. The van der Waals surface area contributed by atoms with Crippen LogP contribution in [0.4, 0.5) is 31.8 Å². The number of halogens is 2. The summed E-state index contributed by atoms with van der Waals surface area (Å²) in [6.07, 6.45) is 13.0. The summed E-state index contributed by atoms with van der Waals surface area (Å²) >= 11 is 0. The Kier molecular flexibility index (Phi) is 15.0. The number of rotatable bonds is 10. The monoisotopic (exact) mass is 1090 g/mol. The molecule has 0 atom stereocenters. The van der Waals surface area contributed by atoms with E-state index in [2.05, 4.69) is 55.1 Å².